The van der Waals surface area contributed by atoms with Gasteiger partial charge in [-0.05, 0) is 38.4 Å². The van der Waals surface area contributed by atoms with Crippen molar-refractivity contribution in [3.8, 4) is 5.75 Å². The SMILES string of the molecule is CNS(=O)(=O)c1cccc(OCC(O)CN[C@H]2COC3(CCN(c4cnc(C(F)(F)F)cn4)CC3)C2)c1. The van der Waals surface area contributed by atoms with Gasteiger partial charge in [0.05, 0.1) is 29.5 Å². The van der Waals surface area contributed by atoms with Crippen LogP contribution in [-0.4, -0.2) is 81.1 Å². The zero-order chi connectivity index (χ0) is 26.7. The van der Waals surface area contributed by atoms with E-state index in [-0.39, 0.29) is 29.7 Å². The maximum atomic E-state index is 12.7. The highest BCUT2D eigenvalue weighted by Crippen LogP contribution is 2.37. The van der Waals surface area contributed by atoms with Gasteiger partial charge < -0.3 is 24.8 Å². The van der Waals surface area contributed by atoms with Gasteiger partial charge in [-0.2, -0.15) is 13.2 Å². The zero-order valence-electron chi connectivity index (χ0n) is 20.2. The molecule has 0 radical (unpaired) electrons. The Morgan fingerprint density at radius 2 is 2.03 bits per heavy atom. The number of hydrogen-bond donors (Lipinski definition) is 3. The van der Waals surface area contributed by atoms with Crippen molar-refractivity contribution >= 4 is 15.8 Å². The molecule has 0 amide bonds. The quantitative estimate of drug-likeness (QED) is 0.430. The van der Waals surface area contributed by atoms with E-state index in [1.807, 2.05) is 4.90 Å². The minimum Gasteiger partial charge on any atom is -0.491 e. The summed E-state index contributed by atoms with van der Waals surface area (Å²) in [6.45, 7) is 1.92. The molecule has 2 aromatic rings. The van der Waals surface area contributed by atoms with Gasteiger partial charge >= 0.3 is 6.18 Å². The minimum absolute atomic E-state index is 0.0160. The highest BCUT2D eigenvalue weighted by molar-refractivity contribution is 7.89. The van der Waals surface area contributed by atoms with E-state index in [1.165, 1.54) is 19.2 Å². The van der Waals surface area contributed by atoms with Gasteiger partial charge in [-0.1, -0.05) is 6.07 Å². The molecule has 0 aliphatic carbocycles. The smallest absolute Gasteiger partial charge is 0.434 e. The minimum atomic E-state index is -4.52. The molecule has 204 valence electrons. The Morgan fingerprint density at radius 1 is 1.27 bits per heavy atom. The fourth-order valence-electron chi connectivity index (χ4n) is 4.50. The predicted molar refractivity (Wildman–Crippen MR) is 128 cm³/mol. The monoisotopic (exact) mass is 545 g/mol. The number of aliphatic hydroxyl groups is 1. The molecule has 1 aromatic heterocycles. The van der Waals surface area contributed by atoms with Crippen LogP contribution in [-0.2, 0) is 20.9 Å². The van der Waals surface area contributed by atoms with Crippen molar-refractivity contribution in [2.75, 3.05) is 44.8 Å². The highest BCUT2D eigenvalue weighted by atomic mass is 32.2. The van der Waals surface area contributed by atoms with Crippen LogP contribution in [0.25, 0.3) is 0 Å². The number of nitrogens with one attached hydrogen (secondary N) is 2. The molecule has 0 bridgehead atoms. The Bertz CT molecular complexity index is 1160. The van der Waals surface area contributed by atoms with E-state index < -0.39 is 28.0 Å². The number of aliphatic hydroxyl groups excluding tert-OH is 1. The summed E-state index contributed by atoms with van der Waals surface area (Å²) in [5.41, 5.74) is -1.34. The van der Waals surface area contributed by atoms with E-state index in [2.05, 4.69) is 20.0 Å². The lowest BCUT2D eigenvalue weighted by molar-refractivity contribution is -0.141. The van der Waals surface area contributed by atoms with E-state index in [9.17, 15) is 26.7 Å². The number of alkyl halides is 3. The van der Waals surface area contributed by atoms with E-state index in [4.69, 9.17) is 9.47 Å². The Kier molecular flexibility index (Phi) is 8.23. The number of anilines is 1. The first kappa shape index (κ1) is 27.5. The van der Waals surface area contributed by atoms with Gasteiger partial charge in [-0.25, -0.2) is 23.1 Å². The Hall–Kier alpha value is -2.52. The number of aromatic nitrogens is 2. The lowest BCUT2D eigenvalue weighted by atomic mass is 9.87. The molecule has 4 rings (SSSR count). The van der Waals surface area contributed by atoms with Gasteiger partial charge in [0.2, 0.25) is 10.0 Å². The summed E-state index contributed by atoms with van der Waals surface area (Å²) < 4.78 is 75.9. The molecular formula is C23H30F3N5O5S. The summed E-state index contributed by atoms with van der Waals surface area (Å²) in [5, 5.41) is 13.6. The van der Waals surface area contributed by atoms with Crippen LogP contribution < -0.4 is 19.7 Å². The van der Waals surface area contributed by atoms with E-state index in [1.54, 1.807) is 12.1 Å². The second-order valence-corrected chi connectivity index (χ2v) is 11.1. The van der Waals surface area contributed by atoms with Gasteiger partial charge in [0.1, 0.15) is 24.3 Å². The highest BCUT2D eigenvalue weighted by Gasteiger charge is 2.43. The zero-order valence-corrected chi connectivity index (χ0v) is 21.1. The van der Waals surface area contributed by atoms with Crippen LogP contribution in [0, 0.1) is 0 Å². The first-order valence-corrected chi connectivity index (χ1v) is 13.3. The van der Waals surface area contributed by atoms with Crippen LogP contribution >= 0.6 is 0 Å². The first-order chi connectivity index (χ1) is 17.5. The van der Waals surface area contributed by atoms with Crippen molar-refractivity contribution in [3.05, 3.63) is 42.4 Å². The third kappa shape index (κ3) is 6.87. The third-order valence-electron chi connectivity index (χ3n) is 6.61. The topological polar surface area (TPSA) is 126 Å². The molecule has 2 atom stereocenters. The molecule has 2 saturated heterocycles. The molecule has 3 heterocycles. The Morgan fingerprint density at radius 3 is 2.68 bits per heavy atom. The number of benzene rings is 1. The molecule has 1 unspecified atom stereocenters. The summed E-state index contributed by atoms with van der Waals surface area (Å²) in [5.74, 6) is 0.746. The van der Waals surface area contributed by atoms with E-state index >= 15 is 0 Å². The first-order valence-electron chi connectivity index (χ1n) is 11.9. The van der Waals surface area contributed by atoms with Gasteiger partial charge in [-0.3, -0.25) is 0 Å². The van der Waals surface area contributed by atoms with Crippen molar-refractivity contribution in [3.63, 3.8) is 0 Å². The van der Waals surface area contributed by atoms with Crippen LogP contribution in [0.5, 0.6) is 5.75 Å². The second-order valence-electron chi connectivity index (χ2n) is 9.20. The molecule has 2 fully saturated rings. The van der Waals surface area contributed by atoms with Crippen LogP contribution in [0.1, 0.15) is 25.0 Å². The van der Waals surface area contributed by atoms with Crippen LogP contribution in [0.15, 0.2) is 41.6 Å². The second kappa shape index (κ2) is 11.1. The van der Waals surface area contributed by atoms with Gasteiger partial charge in [-0.15, -0.1) is 0 Å². The average molecular weight is 546 g/mol. The van der Waals surface area contributed by atoms with Crippen LogP contribution in [0.4, 0.5) is 19.0 Å². The normalized spacial score (nSPS) is 20.8. The van der Waals surface area contributed by atoms with Crippen molar-refractivity contribution in [1.29, 1.82) is 0 Å². The lowest BCUT2D eigenvalue weighted by Crippen LogP contribution is -2.45. The summed E-state index contributed by atoms with van der Waals surface area (Å²) in [7, 11) is -2.26. The largest absolute Gasteiger partial charge is 0.491 e. The summed E-state index contributed by atoms with van der Waals surface area (Å²) in [4.78, 5) is 9.39. The maximum Gasteiger partial charge on any atom is 0.434 e. The third-order valence-corrected chi connectivity index (χ3v) is 8.02. The standard InChI is InChI=1S/C23H30F3N5O5S/c1-27-37(33,34)19-4-2-3-18(9-19)35-15-17(32)11-28-16-10-22(36-14-16)5-7-31(8-6-22)21-13-29-20(12-30-21)23(24,25)26/h2-4,9,12-13,16-17,27-28,32H,5-8,10-11,14-15H2,1H3/t16-,17?/m1/s1. The predicted octanol–water partition coefficient (Wildman–Crippen LogP) is 1.56. The number of halogens is 3. The molecule has 0 saturated carbocycles. The molecule has 3 N–H and O–H groups in total. The van der Waals surface area contributed by atoms with E-state index in [0.29, 0.717) is 44.1 Å². The summed E-state index contributed by atoms with van der Waals surface area (Å²) >= 11 is 0. The number of hydrogen-bond acceptors (Lipinski definition) is 9. The number of rotatable bonds is 9. The summed E-state index contributed by atoms with van der Waals surface area (Å²) in [6, 6.07) is 6.06. The number of piperidine rings is 1. The summed E-state index contributed by atoms with van der Waals surface area (Å²) in [6.07, 6.45) is -1.28. The van der Waals surface area contributed by atoms with Crippen molar-refractivity contribution in [2.24, 2.45) is 0 Å². The lowest BCUT2D eigenvalue weighted by Gasteiger charge is -2.39. The molecule has 1 spiro atoms. The molecule has 14 heteroatoms. The van der Waals surface area contributed by atoms with E-state index in [0.717, 1.165) is 18.8 Å². The molecule has 1 aromatic carbocycles. The molecule has 10 nitrogen and oxygen atoms in total. The van der Waals surface area contributed by atoms with Crippen LogP contribution in [0.2, 0.25) is 0 Å². The Labute approximate surface area is 213 Å². The van der Waals surface area contributed by atoms with Gasteiger partial charge in [0.25, 0.3) is 0 Å². The number of sulfonamides is 1. The maximum absolute atomic E-state index is 12.7. The van der Waals surface area contributed by atoms with Gasteiger partial charge in [0, 0.05) is 31.7 Å². The Balaban J connectivity index is 1.20. The van der Waals surface area contributed by atoms with Crippen molar-refractivity contribution in [2.45, 2.75) is 48.1 Å². The average Bonchev–Trinajstić information content (AvgIpc) is 3.28. The molecule has 2 aliphatic rings. The molecule has 37 heavy (non-hydrogen) atoms. The molecular weight excluding hydrogens is 515 g/mol. The van der Waals surface area contributed by atoms with Crippen molar-refractivity contribution in [1.82, 2.24) is 20.0 Å². The van der Waals surface area contributed by atoms with Crippen LogP contribution in [0.3, 0.4) is 0 Å². The van der Waals surface area contributed by atoms with Crippen molar-refractivity contribution < 1.29 is 36.2 Å². The fraction of sp³-hybridized carbons (Fsp3) is 0.565. The van der Waals surface area contributed by atoms with Gasteiger partial charge in [0.15, 0.2) is 5.69 Å². The molecule has 2 aliphatic heterocycles. The fourth-order valence-corrected chi connectivity index (χ4v) is 5.27. The number of nitrogens with zero attached hydrogens (tertiary/aromatic N) is 3. The number of ether oxygens (including phenoxy) is 2.